The molecule has 1 fully saturated rings. The third-order valence-electron chi connectivity index (χ3n) is 3.28. The first-order chi connectivity index (χ1) is 8.88. The van der Waals surface area contributed by atoms with E-state index in [0.29, 0.717) is 22.7 Å². The Morgan fingerprint density at radius 2 is 2.05 bits per heavy atom. The standard InChI is InChI=1S/C13H22N2O2S2/c1-9(2)14-7-11-6-13(18-8-11)19(16,17)15-10(3)12-4-5-12/h6,8-10,12,14-15H,4-5,7H2,1-3H3. The van der Waals surface area contributed by atoms with Crippen molar-refractivity contribution in [1.29, 1.82) is 0 Å². The van der Waals surface area contributed by atoms with Gasteiger partial charge in [-0.3, -0.25) is 0 Å². The zero-order valence-electron chi connectivity index (χ0n) is 11.6. The molecule has 1 unspecified atom stereocenters. The van der Waals surface area contributed by atoms with Gasteiger partial charge in [-0.15, -0.1) is 11.3 Å². The zero-order chi connectivity index (χ0) is 14.0. The van der Waals surface area contributed by atoms with E-state index in [1.54, 1.807) is 6.07 Å². The molecule has 2 rings (SSSR count). The van der Waals surface area contributed by atoms with Crippen molar-refractivity contribution in [2.75, 3.05) is 0 Å². The lowest BCUT2D eigenvalue weighted by molar-refractivity contribution is 0.539. The monoisotopic (exact) mass is 302 g/mol. The SMILES string of the molecule is CC(C)NCc1csc(S(=O)(=O)NC(C)C2CC2)c1. The fourth-order valence-electron chi connectivity index (χ4n) is 1.90. The van der Waals surface area contributed by atoms with E-state index in [2.05, 4.69) is 23.9 Å². The van der Waals surface area contributed by atoms with E-state index >= 15 is 0 Å². The molecule has 1 atom stereocenters. The van der Waals surface area contributed by atoms with E-state index in [0.717, 1.165) is 18.4 Å². The predicted molar refractivity (Wildman–Crippen MR) is 78.8 cm³/mol. The Morgan fingerprint density at radius 3 is 2.63 bits per heavy atom. The van der Waals surface area contributed by atoms with E-state index < -0.39 is 10.0 Å². The lowest BCUT2D eigenvalue weighted by Crippen LogP contribution is -2.33. The van der Waals surface area contributed by atoms with Gasteiger partial charge in [-0.05, 0) is 42.7 Å². The fourth-order valence-corrected chi connectivity index (χ4v) is 4.44. The van der Waals surface area contributed by atoms with Crippen molar-refractivity contribution in [2.24, 2.45) is 5.92 Å². The summed E-state index contributed by atoms with van der Waals surface area (Å²) in [6.45, 7) is 6.80. The van der Waals surface area contributed by atoms with Gasteiger partial charge >= 0.3 is 0 Å². The van der Waals surface area contributed by atoms with Crippen molar-refractivity contribution in [3.8, 4) is 0 Å². The Morgan fingerprint density at radius 1 is 1.37 bits per heavy atom. The quantitative estimate of drug-likeness (QED) is 0.812. The summed E-state index contributed by atoms with van der Waals surface area (Å²) in [7, 11) is -3.34. The highest BCUT2D eigenvalue weighted by Gasteiger charge is 2.31. The summed E-state index contributed by atoms with van der Waals surface area (Å²) >= 11 is 1.29. The molecule has 0 radical (unpaired) electrons. The summed E-state index contributed by atoms with van der Waals surface area (Å²) in [6, 6.07) is 2.21. The normalized spacial score (nSPS) is 17.9. The Labute approximate surface area is 119 Å². The molecule has 1 aliphatic rings. The predicted octanol–water partition coefficient (Wildman–Crippen LogP) is 2.32. The third-order valence-corrected chi connectivity index (χ3v) is 6.33. The van der Waals surface area contributed by atoms with Crippen molar-refractivity contribution in [3.05, 3.63) is 17.0 Å². The molecule has 1 heterocycles. The van der Waals surface area contributed by atoms with Gasteiger partial charge in [0.25, 0.3) is 0 Å². The van der Waals surface area contributed by atoms with Crippen LogP contribution in [0.3, 0.4) is 0 Å². The van der Waals surface area contributed by atoms with Crippen LogP contribution in [0.25, 0.3) is 0 Å². The van der Waals surface area contributed by atoms with Gasteiger partial charge < -0.3 is 5.32 Å². The minimum atomic E-state index is -3.34. The van der Waals surface area contributed by atoms with E-state index in [1.807, 2.05) is 12.3 Å². The molecular formula is C13H22N2O2S2. The minimum absolute atomic E-state index is 0.0457. The Balaban J connectivity index is 1.99. The second-order valence-corrected chi connectivity index (χ2v) is 8.41. The smallest absolute Gasteiger partial charge is 0.250 e. The van der Waals surface area contributed by atoms with Crippen LogP contribution in [0.4, 0.5) is 0 Å². The molecule has 0 bridgehead atoms. The highest BCUT2D eigenvalue weighted by Crippen LogP contribution is 2.33. The summed E-state index contributed by atoms with van der Waals surface area (Å²) in [4.78, 5) is 0. The topological polar surface area (TPSA) is 58.2 Å². The largest absolute Gasteiger partial charge is 0.310 e. The van der Waals surface area contributed by atoms with Crippen molar-refractivity contribution in [3.63, 3.8) is 0 Å². The molecular weight excluding hydrogens is 280 g/mol. The highest BCUT2D eigenvalue weighted by atomic mass is 32.2. The number of sulfonamides is 1. The van der Waals surface area contributed by atoms with Crippen molar-refractivity contribution >= 4 is 21.4 Å². The van der Waals surface area contributed by atoms with Gasteiger partial charge in [0.1, 0.15) is 4.21 Å². The van der Waals surface area contributed by atoms with Crippen molar-refractivity contribution < 1.29 is 8.42 Å². The maximum atomic E-state index is 12.2. The number of nitrogens with one attached hydrogen (secondary N) is 2. The summed E-state index contributed by atoms with van der Waals surface area (Å²) in [5.74, 6) is 0.525. The molecule has 6 heteroatoms. The second kappa shape index (κ2) is 5.91. The van der Waals surface area contributed by atoms with Crippen LogP contribution in [0.5, 0.6) is 0 Å². The number of hydrogen-bond acceptors (Lipinski definition) is 4. The van der Waals surface area contributed by atoms with Crippen LogP contribution in [-0.2, 0) is 16.6 Å². The van der Waals surface area contributed by atoms with Crippen LogP contribution in [0, 0.1) is 5.92 Å². The molecule has 0 aromatic carbocycles. The van der Waals surface area contributed by atoms with Gasteiger partial charge in [0, 0.05) is 18.6 Å². The van der Waals surface area contributed by atoms with Crippen molar-refractivity contribution in [2.45, 2.75) is 56.5 Å². The van der Waals surface area contributed by atoms with E-state index in [4.69, 9.17) is 0 Å². The molecule has 2 N–H and O–H groups in total. The van der Waals surface area contributed by atoms with Crippen molar-refractivity contribution in [1.82, 2.24) is 10.0 Å². The van der Waals surface area contributed by atoms with Crippen LogP contribution in [0.2, 0.25) is 0 Å². The van der Waals surface area contributed by atoms with Gasteiger partial charge in [-0.2, -0.15) is 0 Å². The van der Waals surface area contributed by atoms with Crippen LogP contribution in [-0.4, -0.2) is 20.5 Å². The first-order valence-corrected chi connectivity index (χ1v) is 9.08. The van der Waals surface area contributed by atoms with E-state index in [1.165, 1.54) is 11.3 Å². The highest BCUT2D eigenvalue weighted by molar-refractivity contribution is 7.91. The van der Waals surface area contributed by atoms with E-state index in [9.17, 15) is 8.42 Å². The molecule has 1 aromatic rings. The molecule has 0 saturated heterocycles. The molecule has 1 aromatic heterocycles. The summed E-state index contributed by atoms with van der Waals surface area (Å²) in [6.07, 6.45) is 2.27. The van der Waals surface area contributed by atoms with Gasteiger partial charge in [0.2, 0.25) is 10.0 Å². The Bertz CT molecular complexity index is 519. The van der Waals surface area contributed by atoms with Gasteiger partial charge in [0.15, 0.2) is 0 Å². The molecule has 19 heavy (non-hydrogen) atoms. The van der Waals surface area contributed by atoms with Crippen LogP contribution in [0.1, 0.15) is 39.2 Å². The van der Waals surface area contributed by atoms with Crippen LogP contribution < -0.4 is 10.0 Å². The minimum Gasteiger partial charge on any atom is -0.310 e. The number of rotatable bonds is 7. The zero-order valence-corrected chi connectivity index (χ0v) is 13.3. The first kappa shape index (κ1) is 15.0. The van der Waals surface area contributed by atoms with Crippen LogP contribution >= 0.6 is 11.3 Å². The average Bonchev–Trinajstić information content (AvgIpc) is 3.04. The number of hydrogen-bond donors (Lipinski definition) is 2. The lowest BCUT2D eigenvalue weighted by atomic mass is 10.2. The lowest BCUT2D eigenvalue weighted by Gasteiger charge is -2.11. The summed E-state index contributed by atoms with van der Waals surface area (Å²) in [5.41, 5.74) is 1.03. The van der Waals surface area contributed by atoms with Crippen LogP contribution in [0.15, 0.2) is 15.7 Å². The van der Waals surface area contributed by atoms with Gasteiger partial charge in [-0.25, -0.2) is 13.1 Å². The first-order valence-electron chi connectivity index (χ1n) is 6.71. The molecule has 0 amide bonds. The molecule has 108 valence electrons. The maximum Gasteiger partial charge on any atom is 0.250 e. The molecule has 1 saturated carbocycles. The maximum absolute atomic E-state index is 12.2. The summed E-state index contributed by atoms with van der Waals surface area (Å²) in [5, 5.41) is 5.20. The third kappa shape index (κ3) is 4.27. The Hall–Kier alpha value is -0.430. The van der Waals surface area contributed by atoms with Gasteiger partial charge in [-0.1, -0.05) is 13.8 Å². The second-order valence-electron chi connectivity index (χ2n) is 5.56. The molecule has 1 aliphatic carbocycles. The molecule has 4 nitrogen and oxygen atoms in total. The fraction of sp³-hybridized carbons (Fsp3) is 0.692. The molecule has 0 aliphatic heterocycles. The van der Waals surface area contributed by atoms with E-state index in [-0.39, 0.29) is 6.04 Å². The average molecular weight is 302 g/mol. The summed E-state index contributed by atoms with van der Waals surface area (Å²) < 4.78 is 27.6. The number of thiophene rings is 1. The Kier molecular flexibility index (Phi) is 4.66. The molecule has 0 spiro atoms. The van der Waals surface area contributed by atoms with Gasteiger partial charge in [0.05, 0.1) is 0 Å².